The Labute approximate surface area is 129 Å². The minimum absolute atomic E-state index is 0.00724. The molecule has 0 bridgehead atoms. The van der Waals surface area contributed by atoms with Gasteiger partial charge in [-0.05, 0) is 34.9 Å². The molecule has 5 heteroatoms. The second-order valence-electron chi connectivity index (χ2n) is 4.76. The van der Waals surface area contributed by atoms with Crippen molar-refractivity contribution in [2.24, 2.45) is 0 Å². The van der Waals surface area contributed by atoms with Gasteiger partial charge in [0.25, 0.3) is 5.97 Å². The van der Waals surface area contributed by atoms with Crippen LogP contribution in [0.4, 0.5) is 0 Å². The molecule has 0 aliphatic heterocycles. The first-order valence-corrected chi connectivity index (χ1v) is 6.93. The first kappa shape index (κ1) is 17.5. The summed E-state index contributed by atoms with van der Waals surface area (Å²) in [6.45, 7) is 3.28. The molecule has 0 unspecified atom stereocenters. The molecule has 5 nitrogen and oxygen atoms in total. The number of carboxylic acid groups (broad SMARTS) is 1. The summed E-state index contributed by atoms with van der Waals surface area (Å²) < 4.78 is 5.25. The smallest absolute Gasteiger partial charge is 0.300 e. The molecule has 118 valence electrons. The Kier molecular flexibility index (Phi) is 6.89. The van der Waals surface area contributed by atoms with Crippen LogP contribution in [-0.4, -0.2) is 30.6 Å². The van der Waals surface area contributed by atoms with Gasteiger partial charge in [0.2, 0.25) is 5.91 Å². The van der Waals surface area contributed by atoms with Crippen LogP contribution < -0.4 is 10.1 Å². The summed E-state index contributed by atoms with van der Waals surface area (Å²) in [5.41, 5.74) is 1.22. The lowest BCUT2D eigenvalue weighted by Gasteiger charge is -2.08. The number of fused-ring (bicyclic) bond motifs is 1. The summed E-state index contributed by atoms with van der Waals surface area (Å²) in [7, 11) is 1.67. The van der Waals surface area contributed by atoms with Gasteiger partial charge >= 0.3 is 0 Å². The Morgan fingerprint density at radius 1 is 1.18 bits per heavy atom. The maximum atomic E-state index is 10.9. The Morgan fingerprint density at radius 3 is 2.45 bits per heavy atom. The van der Waals surface area contributed by atoms with E-state index >= 15 is 0 Å². The van der Waals surface area contributed by atoms with E-state index in [4.69, 9.17) is 14.6 Å². The third-order valence-electron chi connectivity index (χ3n) is 2.95. The van der Waals surface area contributed by atoms with Gasteiger partial charge < -0.3 is 15.2 Å². The van der Waals surface area contributed by atoms with E-state index in [1.54, 1.807) is 7.11 Å². The van der Waals surface area contributed by atoms with E-state index in [1.165, 1.54) is 23.3 Å². The standard InChI is InChI=1S/C15H17NO2.C2H4O2/c1-11(17)16-9-8-13-5-3-4-12-6-7-14(18-2)10-15(12)13;1-2(3)4/h3-7,10H,8-9H2,1-2H3,(H,16,17);1H3,(H,3,4). The van der Waals surface area contributed by atoms with E-state index in [-0.39, 0.29) is 5.91 Å². The maximum Gasteiger partial charge on any atom is 0.300 e. The summed E-state index contributed by atoms with van der Waals surface area (Å²) in [5, 5.41) is 12.6. The zero-order chi connectivity index (χ0) is 16.5. The van der Waals surface area contributed by atoms with Gasteiger partial charge in [-0.3, -0.25) is 9.59 Å². The highest BCUT2D eigenvalue weighted by Crippen LogP contribution is 2.24. The Bertz CT molecular complexity index is 648. The minimum atomic E-state index is -0.833. The molecule has 0 heterocycles. The Balaban J connectivity index is 0.000000541. The van der Waals surface area contributed by atoms with Crippen LogP contribution in [0.3, 0.4) is 0 Å². The second-order valence-corrected chi connectivity index (χ2v) is 4.76. The first-order valence-electron chi connectivity index (χ1n) is 6.93. The normalized spacial score (nSPS) is 9.59. The SMILES string of the molecule is CC(=O)O.COc1ccc2cccc(CCNC(C)=O)c2c1. The predicted octanol–water partition coefficient (Wildman–Crippen LogP) is 2.62. The molecule has 0 aliphatic rings. The zero-order valence-electron chi connectivity index (χ0n) is 13.1. The van der Waals surface area contributed by atoms with E-state index < -0.39 is 5.97 Å². The van der Waals surface area contributed by atoms with Crippen molar-refractivity contribution in [2.75, 3.05) is 13.7 Å². The first-order chi connectivity index (χ1) is 10.4. The van der Waals surface area contributed by atoms with Crippen LogP contribution in [0.1, 0.15) is 19.4 Å². The zero-order valence-corrected chi connectivity index (χ0v) is 13.1. The molecule has 2 N–H and O–H groups in total. The third kappa shape index (κ3) is 5.83. The fraction of sp³-hybridized carbons (Fsp3) is 0.294. The second kappa shape index (κ2) is 8.67. The van der Waals surface area contributed by atoms with Gasteiger partial charge in [-0.2, -0.15) is 0 Å². The monoisotopic (exact) mass is 303 g/mol. The van der Waals surface area contributed by atoms with Crippen LogP contribution >= 0.6 is 0 Å². The predicted molar refractivity (Wildman–Crippen MR) is 86.2 cm³/mol. The summed E-state index contributed by atoms with van der Waals surface area (Å²) in [6, 6.07) is 12.3. The number of carbonyl (C=O) groups excluding carboxylic acids is 1. The number of ether oxygens (including phenoxy) is 1. The lowest BCUT2D eigenvalue weighted by molar-refractivity contribution is -0.134. The number of benzene rings is 2. The number of carboxylic acids is 1. The lowest BCUT2D eigenvalue weighted by Crippen LogP contribution is -2.22. The van der Waals surface area contributed by atoms with Crippen molar-refractivity contribution in [1.82, 2.24) is 5.32 Å². The molecule has 0 fully saturated rings. The molecule has 2 aromatic carbocycles. The van der Waals surface area contributed by atoms with Gasteiger partial charge in [-0.25, -0.2) is 0 Å². The molecule has 0 saturated heterocycles. The summed E-state index contributed by atoms with van der Waals surface area (Å²) in [5.74, 6) is 0.0299. The molecule has 1 amide bonds. The topological polar surface area (TPSA) is 75.6 Å². The average Bonchev–Trinajstić information content (AvgIpc) is 2.46. The molecule has 0 radical (unpaired) electrons. The van der Waals surface area contributed by atoms with Crippen molar-refractivity contribution >= 4 is 22.6 Å². The quantitative estimate of drug-likeness (QED) is 0.910. The number of rotatable bonds is 4. The van der Waals surface area contributed by atoms with E-state index in [9.17, 15) is 4.79 Å². The van der Waals surface area contributed by atoms with E-state index in [0.29, 0.717) is 6.54 Å². The van der Waals surface area contributed by atoms with E-state index in [2.05, 4.69) is 23.5 Å². The van der Waals surface area contributed by atoms with Crippen LogP contribution in [0.15, 0.2) is 36.4 Å². The number of amides is 1. The van der Waals surface area contributed by atoms with Crippen molar-refractivity contribution in [3.05, 3.63) is 42.0 Å². The van der Waals surface area contributed by atoms with Gasteiger partial charge in [0.1, 0.15) is 5.75 Å². The number of nitrogens with one attached hydrogen (secondary N) is 1. The van der Waals surface area contributed by atoms with E-state index in [0.717, 1.165) is 19.1 Å². The van der Waals surface area contributed by atoms with Crippen LogP contribution in [0.5, 0.6) is 5.75 Å². The summed E-state index contributed by atoms with van der Waals surface area (Å²) >= 11 is 0. The number of hydrogen-bond acceptors (Lipinski definition) is 3. The number of methoxy groups -OCH3 is 1. The van der Waals surface area contributed by atoms with Crippen molar-refractivity contribution < 1.29 is 19.4 Å². The highest BCUT2D eigenvalue weighted by atomic mass is 16.5. The fourth-order valence-corrected chi connectivity index (χ4v) is 2.03. The van der Waals surface area contributed by atoms with Gasteiger partial charge in [-0.15, -0.1) is 0 Å². The highest BCUT2D eigenvalue weighted by molar-refractivity contribution is 5.87. The Morgan fingerprint density at radius 2 is 1.86 bits per heavy atom. The molecule has 0 atom stereocenters. The average molecular weight is 303 g/mol. The van der Waals surface area contributed by atoms with E-state index in [1.807, 2.05) is 18.2 Å². The van der Waals surface area contributed by atoms with Crippen LogP contribution in [-0.2, 0) is 16.0 Å². The molecule has 0 aliphatic carbocycles. The third-order valence-corrected chi connectivity index (χ3v) is 2.95. The molecular weight excluding hydrogens is 282 g/mol. The number of carbonyl (C=O) groups is 2. The van der Waals surface area contributed by atoms with Gasteiger partial charge in [0, 0.05) is 20.4 Å². The van der Waals surface area contributed by atoms with Crippen molar-refractivity contribution in [2.45, 2.75) is 20.3 Å². The Hall–Kier alpha value is -2.56. The molecule has 0 spiro atoms. The molecular formula is C17H21NO4. The molecule has 2 rings (SSSR count). The minimum Gasteiger partial charge on any atom is -0.497 e. The van der Waals surface area contributed by atoms with Crippen LogP contribution in [0, 0.1) is 0 Å². The van der Waals surface area contributed by atoms with Crippen molar-refractivity contribution in [3.8, 4) is 5.75 Å². The van der Waals surface area contributed by atoms with Gasteiger partial charge in [0.05, 0.1) is 7.11 Å². The maximum absolute atomic E-state index is 10.9. The number of aliphatic carboxylic acids is 1. The largest absolute Gasteiger partial charge is 0.497 e. The fourth-order valence-electron chi connectivity index (χ4n) is 2.03. The molecule has 0 aromatic heterocycles. The van der Waals surface area contributed by atoms with Crippen molar-refractivity contribution in [1.29, 1.82) is 0 Å². The van der Waals surface area contributed by atoms with Crippen LogP contribution in [0.2, 0.25) is 0 Å². The lowest BCUT2D eigenvalue weighted by atomic mass is 10.0. The highest BCUT2D eigenvalue weighted by Gasteiger charge is 2.03. The molecule has 22 heavy (non-hydrogen) atoms. The number of hydrogen-bond donors (Lipinski definition) is 2. The van der Waals surface area contributed by atoms with Crippen LogP contribution in [0.25, 0.3) is 10.8 Å². The van der Waals surface area contributed by atoms with Gasteiger partial charge in [-0.1, -0.05) is 24.3 Å². The summed E-state index contributed by atoms with van der Waals surface area (Å²) in [6.07, 6.45) is 0.823. The van der Waals surface area contributed by atoms with Gasteiger partial charge in [0.15, 0.2) is 0 Å². The molecule has 0 saturated carbocycles. The molecule has 2 aromatic rings. The van der Waals surface area contributed by atoms with Crippen molar-refractivity contribution in [3.63, 3.8) is 0 Å². The summed E-state index contributed by atoms with van der Waals surface area (Å²) in [4.78, 5) is 19.9.